The van der Waals surface area contributed by atoms with Gasteiger partial charge >= 0.3 is 0 Å². The van der Waals surface area contributed by atoms with E-state index in [2.05, 4.69) is 34.3 Å². The molecule has 1 aliphatic heterocycles. The Kier molecular flexibility index (Phi) is 5.52. The van der Waals surface area contributed by atoms with Crippen LogP contribution in [0.25, 0.3) is 0 Å². The molecule has 0 saturated carbocycles. The standard InChI is InChI=1S/C17H24FN5O/c1-3-22(4-2)16(13-7-9-14(18)10-8-13)17-19-20-21-23(17)12-15-6-5-11-24-15/h7-10,15-16H,3-6,11-12H2,1-2H3/t15-,16+/m0/s1. The van der Waals surface area contributed by atoms with Crippen molar-refractivity contribution in [1.29, 1.82) is 0 Å². The SMILES string of the molecule is CCN(CC)[C@H](c1ccc(F)cc1)c1nnnn1C[C@@H]1CCCO1. The largest absolute Gasteiger partial charge is 0.376 e. The second-order valence-corrected chi connectivity index (χ2v) is 6.03. The molecular weight excluding hydrogens is 309 g/mol. The first-order valence-corrected chi connectivity index (χ1v) is 8.60. The van der Waals surface area contributed by atoms with Crippen LogP contribution >= 0.6 is 0 Å². The van der Waals surface area contributed by atoms with E-state index in [9.17, 15) is 4.39 Å². The Morgan fingerprint density at radius 3 is 2.67 bits per heavy atom. The minimum atomic E-state index is -0.240. The van der Waals surface area contributed by atoms with E-state index in [1.54, 1.807) is 0 Å². The van der Waals surface area contributed by atoms with Gasteiger partial charge < -0.3 is 4.74 Å². The maximum absolute atomic E-state index is 13.3. The van der Waals surface area contributed by atoms with Crippen molar-refractivity contribution >= 4 is 0 Å². The number of nitrogens with zero attached hydrogens (tertiary/aromatic N) is 5. The van der Waals surface area contributed by atoms with E-state index in [1.807, 2.05) is 16.8 Å². The lowest BCUT2D eigenvalue weighted by Crippen LogP contribution is -2.32. The Morgan fingerprint density at radius 2 is 2.04 bits per heavy atom. The van der Waals surface area contributed by atoms with E-state index in [1.165, 1.54) is 12.1 Å². The molecule has 0 bridgehead atoms. The third-order valence-electron chi connectivity index (χ3n) is 4.57. The number of hydrogen-bond acceptors (Lipinski definition) is 5. The van der Waals surface area contributed by atoms with Gasteiger partial charge in [0.15, 0.2) is 5.82 Å². The highest BCUT2D eigenvalue weighted by atomic mass is 19.1. The molecule has 3 rings (SSSR count). The predicted octanol–water partition coefficient (Wildman–Crippen LogP) is 2.42. The van der Waals surface area contributed by atoms with Crippen molar-refractivity contribution in [2.24, 2.45) is 0 Å². The van der Waals surface area contributed by atoms with E-state index >= 15 is 0 Å². The van der Waals surface area contributed by atoms with E-state index in [0.29, 0.717) is 6.54 Å². The highest BCUT2D eigenvalue weighted by Gasteiger charge is 2.28. The van der Waals surface area contributed by atoms with Crippen LogP contribution in [0.1, 0.15) is 44.1 Å². The van der Waals surface area contributed by atoms with Gasteiger partial charge in [-0.25, -0.2) is 9.07 Å². The summed E-state index contributed by atoms with van der Waals surface area (Å²) in [5.41, 5.74) is 0.989. The number of tetrazole rings is 1. The predicted molar refractivity (Wildman–Crippen MR) is 88.0 cm³/mol. The molecule has 0 aliphatic carbocycles. The molecule has 7 heteroatoms. The molecule has 130 valence electrons. The summed E-state index contributed by atoms with van der Waals surface area (Å²) in [6.45, 7) is 7.38. The second kappa shape index (κ2) is 7.81. The Labute approximate surface area is 141 Å². The van der Waals surface area contributed by atoms with Crippen LogP contribution in [0.5, 0.6) is 0 Å². The summed E-state index contributed by atoms with van der Waals surface area (Å²) in [6.07, 6.45) is 2.28. The van der Waals surface area contributed by atoms with Gasteiger partial charge in [0.05, 0.1) is 18.7 Å². The van der Waals surface area contributed by atoms with Crippen molar-refractivity contribution < 1.29 is 9.13 Å². The average molecular weight is 333 g/mol. The van der Waals surface area contributed by atoms with Crippen LogP contribution in [-0.2, 0) is 11.3 Å². The Hall–Kier alpha value is -1.86. The molecule has 2 atom stereocenters. The van der Waals surface area contributed by atoms with Gasteiger partial charge in [0.1, 0.15) is 5.82 Å². The zero-order valence-electron chi connectivity index (χ0n) is 14.2. The van der Waals surface area contributed by atoms with Gasteiger partial charge in [-0.2, -0.15) is 0 Å². The van der Waals surface area contributed by atoms with Crippen LogP contribution in [0, 0.1) is 5.82 Å². The molecule has 1 aromatic heterocycles. The van der Waals surface area contributed by atoms with Crippen molar-refractivity contribution in [2.45, 2.75) is 45.4 Å². The molecule has 1 fully saturated rings. The van der Waals surface area contributed by atoms with Gasteiger partial charge in [-0.15, -0.1) is 5.10 Å². The normalized spacial score (nSPS) is 19.1. The Balaban J connectivity index is 1.93. The molecule has 0 spiro atoms. The van der Waals surface area contributed by atoms with Crippen LogP contribution in [-0.4, -0.2) is 50.9 Å². The molecule has 1 saturated heterocycles. The number of halogens is 1. The number of ether oxygens (including phenoxy) is 1. The minimum Gasteiger partial charge on any atom is -0.376 e. The smallest absolute Gasteiger partial charge is 0.173 e. The molecule has 0 N–H and O–H groups in total. The minimum absolute atomic E-state index is 0.1000. The highest BCUT2D eigenvalue weighted by Crippen LogP contribution is 2.27. The monoisotopic (exact) mass is 333 g/mol. The molecule has 0 amide bonds. The lowest BCUT2D eigenvalue weighted by molar-refractivity contribution is 0.0910. The van der Waals surface area contributed by atoms with Crippen molar-refractivity contribution in [3.8, 4) is 0 Å². The first kappa shape index (κ1) is 17.0. The summed E-state index contributed by atoms with van der Waals surface area (Å²) in [5, 5.41) is 12.3. The van der Waals surface area contributed by atoms with Crippen LogP contribution in [0.2, 0.25) is 0 Å². The van der Waals surface area contributed by atoms with E-state index in [0.717, 1.165) is 43.9 Å². The third kappa shape index (κ3) is 3.62. The Morgan fingerprint density at radius 1 is 1.29 bits per heavy atom. The fourth-order valence-electron chi connectivity index (χ4n) is 3.28. The molecule has 2 heterocycles. The molecule has 1 aromatic carbocycles. The maximum Gasteiger partial charge on any atom is 0.173 e. The van der Waals surface area contributed by atoms with Gasteiger partial charge in [-0.3, -0.25) is 4.90 Å². The molecule has 1 aliphatic rings. The van der Waals surface area contributed by atoms with Crippen LogP contribution in [0.15, 0.2) is 24.3 Å². The molecule has 0 unspecified atom stereocenters. The van der Waals surface area contributed by atoms with Crippen molar-refractivity contribution in [3.05, 3.63) is 41.5 Å². The van der Waals surface area contributed by atoms with Crippen molar-refractivity contribution in [3.63, 3.8) is 0 Å². The third-order valence-corrected chi connectivity index (χ3v) is 4.57. The molecule has 2 aromatic rings. The van der Waals surface area contributed by atoms with Gasteiger partial charge in [0, 0.05) is 6.61 Å². The number of benzene rings is 1. The van der Waals surface area contributed by atoms with E-state index in [-0.39, 0.29) is 18.0 Å². The summed E-state index contributed by atoms with van der Waals surface area (Å²) in [5.74, 6) is 0.539. The summed E-state index contributed by atoms with van der Waals surface area (Å²) in [4.78, 5) is 2.27. The fourth-order valence-corrected chi connectivity index (χ4v) is 3.28. The quantitative estimate of drug-likeness (QED) is 0.779. The zero-order chi connectivity index (χ0) is 16.9. The zero-order valence-corrected chi connectivity index (χ0v) is 14.2. The summed E-state index contributed by atoms with van der Waals surface area (Å²) in [6, 6.07) is 6.49. The van der Waals surface area contributed by atoms with Gasteiger partial charge in [0.25, 0.3) is 0 Å². The molecule has 24 heavy (non-hydrogen) atoms. The highest BCUT2D eigenvalue weighted by molar-refractivity contribution is 5.25. The second-order valence-electron chi connectivity index (χ2n) is 6.03. The number of aromatic nitrogens is 4. The maximum atomic E-state index is 13.3. The van der Waals surface area contributed by atoms with E-state index in [4.69, 9.17) is 4.74 Å². The van der Waals surface area contributed by atoms with Gasteiger partial charge in [-0.1, -0.05) is 26.0 Å². The van der Waals surface area contributed by atoms with Gasteiger partial charge in [0.2, 0.25) is 0 Å². The summed E-state index contributed by atoms with van der Waals surface area (Å²) < 4.78 is 20.9. The summed E-state index contributed by atoms with van der Waals surface area (Å²) in [7, 11) is 0. The summed E-state index contributed by atoms with van der Waals surface area (Å²) >= 11 is 0. The molecular formula is C17H24FN5O. The first-order chi connectivity index (χ1) is 11.7. The molecule has 0 radical (unpaired) electrons. The van der Waals surface area contributed by atoms with Crippen LogP contribution in [0.4, 0.5) is 4.39 Å². The lowest BCUT2D eigenvalue weighted by atomic mass is 10.0. The van der Waals surface area contributed by atoms with Crippen molar-refractivity contribution in [2.75, 3.05) is 19.7 Å². The first-order valence-electron chi connectivity index (χ1n) is 8.60. The lowest BCUT2D eigenvalue weighted by Gasteiger charge is -2.29. The van der Waals surface area contributed by atoms with E-state index < -0.39 is 0 Å². The molecule has 6 nitrogen and oxygen atoms in total. The topological polar surface area (TPSA) is 56.1 Å². The van der Waals surface area contributed by atoms with Gasteiger partial charge in [-0.05, 0) is 54.1 Å². The number of rotatable bonds is 7. The van der Waals surface area contributed by atoms with Crippen molar-refractivity contribution in [1.82, 2.24) is 25.1 Å². The fraction of sp³-hybridized carbons (Fsp3) is 0.588. The average Bonchev–Trinajstić information content (AvgIpc) is 3.26. The van der Waals surface area contributed by atoms with Crippen LogP contribution in [0.3, 0.4) is 0 Å². The Bertz CT molecular complexity index is 635. The number of hydrogen-bond donors (Lipinski definition) is 0. The van der Waals surface area contributed by atoms with Crippen LogP contribution < -0.4 is 0 Å².